The van der Waals surface area contributed by atoms with Crippen LogP contribution in [0, 0.1) is 11.7 Å². The van der Waals surface area contributed by atoms with Crippen LogP contribution in [0.4, 0.5) is 15.0 Å². The molecule has 1 N–H and O–H groups in total. The molecule has 2 heterocycles. The second-order valence-electron chi connectivity index (χ2n) is 7.16. The highest BCUT2D eigenvalue weighted by Crippen LogP contribution is 2.48. The second-order valence-corrected chi connectivity index (χ2v) is 7.97. The number of likely N-dealkylation sites (tertiary alicyclic amines) is 1. The third-order valence-corrected chi connectivity index (χ3v) is 4.51. The van der Waals surface area contributed by atoms with Crippen molar-refractivity contribution in [2.45, 2.75) is 51.3 Å². The Kier molecular flexibility index (Phi) is 4.27. The molecule has 0 bridgehead atoms. The van der Waals surface area contributed by atoms with Crippen LogP contribution in [0.2, 0.25) is 0 Å². The van der Waals surface area contributed by atoms with Gasteiger partial charge in [-0.1, -0.05) is 0 Å². The van der Waals surface area contributed by atoms with Crippen LogP contribution in [-0.2, 0) is 9.53 Å². The van der Waals surface area contributed by atoms with Gasteiger partial charge < -0.3 is 10.1 Å². The van der Waals surface area contributed by atoms with E-state index in [2.05, 4.69) is 26.2 Å². The fraction of sp³-hybridized carbons (Fsp3) is 0.562. The van der Waals surface area contributed by atoms with E-state index in [1.54, 1.807) is 20.8 Å². The maximum atomic E-state index is 13.8. The third-order valence-electron chi connectivity index (χ3n) is 4.06. The lowest BCUT2D eigenvalue weighted by Gasteiger charge is -2.29. The lowest BCUT2D eigenvalue weighted by Crippen LogP contribution is -2.47. The van der Waals surface area contributed by atoms with Gasteiger partial charge in [0.25, 0.3) is 0 Å². The van der Waals surface area contributed by atoms with Crippen molar-refractivity contribution < 1.29 is 18.7 Å². The fourth-order valence-electron chi connectivity index (χ4n) is 2.97. The van der Waals surface area contributed by atoms with Crippen molar-refractivity contribution in [1.29, 1.82) is 0 Å². The van der Waals surface area contributed by atoms with Gasteiger partial charge in [0.1, 0.15) is 16.2 Å². The first-order valence-corrected chi connectivity index (χ1v) is 8.59. The number of carbonyl (C=O) groups excluding carboxylic acids is 2. The Morgan fingerprint density at radius 2 is 2.08 bits per heavy atom. The molecule has 3 atom stereocenters. The summed E-state index contributed by atoms with van der Waals surface area (Å²) in [6.45, 7) is 5.34. The summed E-state index contributed by atoms with van der Waals surface area (Å²) < 4.78 is 19.6. The number of hydrogen-bond donors (Lipinski definition) is 1. The Balaban J connectivity index is 1.74. The van der Waals surface area contributed by atoms with Crippen molar-refractivity contribution >= 4 is 33.7 Å². The summed E-state index contributed by atoms with van der Waals surface area (Å²) in [6.07, 6.45) is 0.938. The highest BCUT2D eigenvalue weighted by Gasteiger charge is 2.57. The molecule has 1 aliphatic heterocycles. The van der Waals surface area contributed by atoms with E-state index in [0.29, 0.717) is 16.9 Å². The molecule has 3 rings (SSSR count). The minimum absolute atomic E-state index is 0.0379. The summed E-state index contributed by atoms with van der Waals surface area (Å²) in [5.41, 5.74) is -0.636. The van der Waals surface area contributed by atoms with Gasteiger partial charge in [0.2, 0.25) is 5.91 Å². The zero-order valence-electron chi connectivity index (χ0n) is 13.7. The SMILES string of the molecule is CC(C)(C)OC(=O)N1[C@@H](C(=O)Nc2nc(Br)ccc2F)C[C@H]2C[C@H]21. The van der Waals surface area contributed by atoms with E-state index in [1.165, 1.54) is 17.0 Å². The van der Waals surface area contributed by atoms with Crippen LogP contribution >= 0.6 is 15.9 Å². The summed E-state index contributed by atoms with van der Waals surface area (Å²) in [7, 11) is 0. The number of rotatable bonds is 2. The molecule has 1 aromatic heterocycles. The molecular formula is C16H19BrFN3O3. The molecule has 24 heavy (non-hydrogen) atoms. The van der Waals surface area contributed by atoms with Gasteiger partial charge >= 0.3 is 6.09 Å². The molecule has 2 amide bonds. The van der Waals surface area contributed by atoms with Crippen LogP contribution in [0.1, 0.15) is 33.6 Å². The molecule has 2 fully saturated rings. The number of nitrogens with zero attached hydrogens (tertiary/aromatic N) is 2. The number of aromatic nitrogens is 1. The summed E-state index contributed by atoms with van der Waals surface area (Å²) in [5.74, 6) is -0.913. The Hall–Kier alpha value is -1.70. The first kappa shape index (κ1) is 17.1. The average Bonchev–Trinajstić information content (AvgIpc) is 3.11. The quantitative estimate of drug-likeness (QED) is 0.774. The van der Waals surface area contributed by atoms with Gasteiger partial charge in [-0.05, 0) is 67.6 Å². The minimum Gasteiger partial charge on any atom is -0.444 e. The summed E-state index contributed by atoms with van der Waals surface area (Å²) in [5, 5.41) is 2.48. The molecule has 0 radical (unpaired) electrons. The van der Waals surface area contributed by atoms with Gasteiger partial charge in [0.05, 0.1) is 0 Å². The molecular weight excluding hydrogens is 381 g/mol. The van der Waals surface area contributed by atoms with Crippen molar-refractivity contribution in [3.63, 3.8) is 0 Å². The zero-order valence-corrected chi connectivity index (χ0v) is 15.3. The molecule has 0 spiro atoms. The van der Waals surface area contributed by atoms with E-state index in [-0.39, 0.29) is 11.9 Å². The number of ether oxygens (including phenoxy) is 1. The number of pyridine rings is 1. The number of anilines is 1. The van der Waals surface area contributed by atoms with Crippen molar-refractivity contribution in [2.75, 3.05) is 5.32 Å². The maximum Gasteiger partial charge on any atom is 0.411 e. The number of carbonyl (C=O) groups is 2. The summed E-state index contributed by atoms with van der Waals surface area (Å²) in [6, 6.07) is 2.03. The van der Waals surface area contributed by atoms with E-state index in [0.717, 1.165) is 6.42 Å². The Bertz CT molecular complexity index is 692. The van der Waals surface area contributed by atoms with E-state index < -0.39 is 29.5 Å². The van der Waals surface area contributed by atoms with Crippen LogP contribution in [0.3, 0.4) is 0 Å². The molecule has 0 unspecified atom stereocenters. The lowest BCUT2D eigenvalue weighted by molar-refractivity contribution is -0.121. The highest BCUT2D eigenvalue weighted by atomic mass is 79.9. The van der Waals surface area contributed by atoms with E-state index >= 15 is 0 Å². The molecule has 1 aromatic rings. The highest BCUT2D eigenvalue weighted by molar-refractivity contribution is 9.10. The smallest absolute Gasteiger partial charge is 0.411 e. The molecule has 1 saturated heterocycles. The number of nitrogens with one attached hydrogen (secondary N) is 1. The van der Waals surface area contributed by atoms with Gasteiger partial charge in [0, 0.05) is 6.04 Å². The lowest BCUT2D eigenvalue weighted by atomic mass is 10.1. The Morgan fingerprint density at radius 3 is 2.75 bits per heavy atom. The Morgan fingerprint density at radius 1 is 1.38 bits per heavy atom. The van der Waals surface area contributed by atoms with Crippen LogP contribution < -0.4 is 5.32 Å². The number of fused-ring (bicyclic) bond motifs is 1. The van der Waals surface area contributed by atoms with Gasteiger partial charge in [-0.15, -0.1) is 0 Å². The maximum absolute atomic E-state index is 13.8. The third kappa shape index (κ3) is 3.53. The number of piperidine rings is 1. The molecule has 6 nitrogen and oxygen atoms in total. The molecule has 2 aliphatic rings. The Labute approximate surface area is 147 Å². The molecule has 1 saturated carbocycles. The number of amides is 2. The largest absolute Gasteiger partial charge is 0.444 e. The first-order valence-electron chi connectivity index (χ1n) is 7.80. The van der Waals surface area contributed by atoms with Gasteiger partial charge in [-0.2, -0.15) is 0 Å². The van der Waals surface area contributed by atoms with E-state index in [9.17, 15) is 14.0 Å². The molecule has 1 aliphatic carbocycles. The molecule has 130 valence electrons. The van der Waals surface area contributed by atoms with Crippen molar-refractivity contribution in [2.24, 2.45) is 5.92 Å². The van der Waals surface area contributed by atoms with Crippen molar-refractivity contribution in [3.8, 4) is 0 Å². The second kappa shape index (κ2) is 5.98. The average molecular weight is 400 g/mol. The van der Waals surface area contributed by atoms with Gasteiger partial charge in [0.15, 0.2) is 11.6 Å². The van der Waals surface area contributed by atoms with Crippen LogP contribution in [-0.4, -0.2) is 39.6 Å². The topological polar surface area (TPSA) is 71.5 Å². The van der Waals surface area contributed by atoms with E-state index in [1.807, 2.05) is 0 Å². The van der Waals surface area contributed by atoms with Gasteiger partial charge in [-0.25, -0.2) is 14.2 Å². The van der Waals surface area contributed by atoms with Crippen molar-refractivity contribution in [1.82, 2.24) is 9.88 Å². The predicted octanol–water partition coefficient (Wildman–Crippen LogP) is 3.32. The van der Waals surface area contributed by atoms with E-state index in [4.69, 9.17) is 4.74 Å². The normalized spacial score (nSPS) is 25.2. The molecule has 0 aromatic carbocycles. The first-order chi connectivity index (χ1) is 11.2. The minimum atomic E-state index is -0.663. The van der Waals surface area contributed by atoms with Crippen LogP contribution in [0.15, 0.2) is 16.7 Å². The zero-order chi connectivity index (χ0) is 17.6. The standard InChI is InChI=1S/C16H19BrFN3O3/c1-16(2,3)24-15(23)21-10-6-8(10)7-11(21)14(22)20-13-9(18)4-5-12(17)19-13/h4-5,8,10-11H,6-7H2,1-3H3,(H,19,20,22)/t8-,10-,11-/m1/s1. The van der Waals surface area contributed by atoms with Crippen molar-refractivity contribution in [3.05, 3.63) is 22.6 Å². The molecule has 8 heteroatoms. The number of hydrogen-bond acceptors (Lipinski definition) is 4. The summed E-state index contributed by atoms with van der Waals surface area (Å²) in [4.78, 5) is 30.4. The monoisotopic (exact) mass is 399 g/mol. The van der Waals surface area contributed by atoms with Crippen LogP contribution in [0.5, 0.6) is 0 Å². The fourth-order valence-corrected chi connectivity index (χ4v) is 3.28. The van der Waals surface area contributed by atoms with Gasteiger partial charge in [-0.3, -0.25) is 9.69 Å². The predicted molar refractivity (Wildman–Crippen MR) is 88.9 cm³/mol. The summed E-state index contributed by atoms with van der Waals surface area (Å²) >= 11 is 3.14. The van der Waals surface area contributed by atoms with Crippen LogP contribution in [0.25, 0.3) is 0 Å². The number of halogens is 2.